The number of rotatable bonds is 3. The molecule has 1 amide bonds. The van der Waals surface area contributed by atoms with Gasteiger partial charge < -0.3 is 10.0 Å². The molecule has 3 rings (SSSR count). The minimum atomic E-state index is -4.44. The Hall–Kier alpha value is -2.05. The Morgan fingerprint density at radius 3 is 2.58 bits per heavy atom. The van der Waals surface area contributed by atoms with Gasteiger partial charge >= 0.3 is 12.1 Å². The minimum absolute atomic E-state index is 0.151. The number of aliphatic carboxylic acids is 1. The van der Waals surface area contributed by atoms with Gasteiger partial charge in [-0.2, -0.15) is 13.2 Å². The highest BCUT2D eigenvalue weighted by Gasteiger charge is 2.49. The van der Waals surface area contributed by atoms with Crippen molar-refractivity contribution in [2.75, 3.05) is 13.1 Å². The molecule has 1 heterocycles. The standard InChI is InChI=1S/C17H18F3NO3/c18-17(19,20)14-6-2-1-5-11(14)12-8-13(12)15(22)21-7-3-4-10(9-21)16(23)24/h1-2,5-6,10,12-13H,3-4,7-9H2,(H,23,24)/t10-,12-,13+/m0/s1. The molecule has 0 bridgehead atoms. The van der Waals surface area contributed by atoms with Gasteiger partial charge in [-0.25, -0.2) is 0 Å². The summed E-state index contributed by atoms with van der Waals surface area (Å²) in [5.74, 6) is -2.63. The molecule has 130 valence electrons. The fraction of sp³-hybridized carbons (Fsp3) is 0.529. The van der Waals surface area contributed by atoms with Crippen LogP contribution >= 0.6 is 0 Å². The van der Waals surface area contributed by atoms with E-state index < -0.39 is 35.5 Å². The van der Waals surface area contributed by atoms with Crippen LogP contribution in [0.15, 0.2) is 24.3 Å². The van der Waals surface area contributed by atoms with E-state index >= 15 is 0 Å². The van der Waals surface area contributed by atoms with E-state index in [1.165, 1.54) is 17.0 Å². The van der Waals surface area contributed by atoms with Crippen molar-refractivity contribution >= 4 is 11.9 Å². The van der Waals surface area contributed by atoms with Gasteiger partial charge in [0.05, 0.1) is 11.5 Å². The van der Waals surface area contributed by atoms with Gasteiger partial charge in [0, 0.05) is 19.0 Å². The van der Waals surface area contributed by atoms with Crippen LogP contribution in [0.1, 0.15) is 36.3 Å². The van der Waals surface area contributed by atoms with Crippen LogP contribution in [0.4, 0.5) is 13.2 Å². The fourth-order valence-electron chi connectivity index (χ4n) is 3.50. The lowest BCUT2D eigenvalue weighted by Crippen LogP contribution is -2.43. The first-order valence-corrected chi connectivity index (χ1v) is 7.96. The number of likely N-dealkylation sites (tertiary alicyclic amines) is 1. The highest BCUT2D eigenvalue weighted by atomic mass is 19.4. The van der Waals surface area contributed by atoms with E-state index in [1.54, 1.807) is 6.07 Å². The first-order chi connectivity index (χ1) is 11.3. The molecule has 1 aliphatic carbocycles. The summed E-state index contributed by atoms with van der Waals surface area (Å²) in [7, 11) is 0. The van der Waals surface area contributed by atoms with E-state index in [0.29, 0.717) is 25.8 Å². The van der Waals surface area contributed by atoms with Crippen LogP contribution in [0, 0.1) is 11.8 Å². The SMILES string of the molecule is O=C(O)[C@H]1CCCN(C(=O)[C@@H]2C[C@H]2c2ccccc2C(F)(F)F)C1. The second-order valence-corrected chi connectivity index (χ2v) is 6.50. The molecule has 2 aliphatic rings. The molecule has 0 spiro atoms. The second kappa shape index (κ2) is 6.11. The van der Waals surface area contributed by atoms with Crippen molar-refractivity contribution in [3.8, 4) is 0 Å². The third kappa shape index (κ3) is 3.25. The molecule has 1 aromatic carbocycles. The lowest BCUT2D eigenvalue weighted by Gasteiger charge is -2.31. The van der Waals surface area contributed by atoms with Crippen molar-refractivity contribution in [2.45, 2.75) is 31.4 Å². The Bertz CT molecular complexity index is 659. The van der Waals surface area contributed by atoms with Crippen molar-refractivity contribution in [3.63, 3.8) is 0 Å². The molecule has 7 heteroatoms. The number of hydrogen-bond donors (Lipinski definition) is 1. The number of piperidine rings is 1. The summed E-state index contributed by atoms with van der Waals surface area (Å²) < 4.78 is 39.3. The van der Waals surface area contributed by atoms with E-state index in [-0.39, 0.29) is 18.0 Å². The lowest BCUT2D eigenvalue weighted by molar-refractivity contribution is -0.146. The van der Waals surface area contributed by atoms with Crippen LogP contribution in [0.3, 0.4) is 0 Å². The van der Waals surface area contributed by atoms with Gasteiger partial charge in [0.25, 0.3) is 0 Å². The molecule has 1 N–H and O–H groups in total. The summed E-state index contributed by atoms with van der Waals surface area (Å²) in [5, 5.41) is 9.08. The average Bonchev–Trinajstić information content (AvgIpc) is 3.34. The molecule has 0 aromatic heterocycles. The van der Waals surface area contributed by atoms with Crippen molar-refractivity contribution < 1.29 is 27.9 Å². The third-order valence-electron chi connectivity index (χ3n) is 4.86. The number of amides is 1. The maximum atomic E-state index is 13.1. The predicted molar refractivity (Wildman–Crippen MR) is 79.2 cm³/mol. The van der Waals surface area contributed by atoms with E-state index in [4.69, 9.17) is 5.11 Å². The van der Waals surface area contributed by atoms with E-state index in [1.807, 2.05) is 0 Å². The number of carboxylic acids is 1. The van der Waals surface area contributed by atoms with Crippen LogP contribution < -0.4 is 0 Å². The molecule has 0 radical (unpaired) electrons. The summed E-state index contributed by atoms with van der Waals surface area (Å²) in [5.41, 5.74) is -0.525. The fourth-order valence-corrected chi connectivity index (χ4v) is 3.50. The van der Waals surface area contributed by atoms with Gasteiger partial charge in [0.15, 0.2) is 0 Å². The summed E-state index contributed by atoms with van der Waals surface area (Å²) in [6.45, 7) is 0.630. The van der Waals surface area contributed by atoms with Crippen LogP contribution in [-0.2, 0) is 15.8 Å². The number of nitrogens with zero attached hydrogens (tertiary/aromatic N) is 1. The third-order valence-corrected chi connectivity index (χ3v) is 4.86. The van der Waals surface area contributed by atoms with Crippen molar-refractivity contribution in [1.29, 1.82) is 0 Å². The zero-order chi connectivity index (χ0) is 17.5. The maximum absolute atomic E-state index is 13.1. The first-order valence-electron chi connectivity index (χ1n) is 7.96. The molecule has 24 heavy (non-hydrogen) atoms. The number of carboxylic acid groups (broad SMARTS) is 1. The quantitative estimate of drug-likeness (QED) is 0.919. The van der Waals surface area contributed by atoms with Crippen LogP contribution in [-0.4, -0.2) is 35.0 Å². The van der Waals surface area contributed by atoms with Gasteiger partial charge in [0.2, 0.25) is 5.91 Å². The molecule has 0 unspecified atom stereocenters. The molecule has 3 atom stereocenters. The molecule has 1 aromatic rings. The monoisotopic (exact) mass is 341 g/mol. The molecule has 1 saturated carbocycles. The van der Waals surface area contributed by atoms with E-state index in [9.17, 15) is 22.8 Å². The van der Waals surface area contributed by atoms with Gasteiger partial charge in [-0.3, -0.25) is 9.59 Å². The Morgan fingerprint density at radius 2 is 1.92 bits per heavy atom. The summed E-state index contributed by atoms with van der Waals surface area (Å²) >= 11 is 0. The van der Waals surface area contributed by atoms with E-state index in [0.717, 1.165) is 6.07 Å². The molecule has 1 saturated heterocycles. The first kappa shape index (κ1) is 16.8. The Labute approximate surface area is 137 Å². The van der Waals surface area contributed by atoms with Crippen molar-refractivity contribution in [2.24, 2.45) is 11.8 Å². The topological polar surface area (TPSA) is 57.6 Å². The largest absolute Gasteiger partial charge is 0.481 e. The van der Waals surface area contributed by atoms with Gasteiger partial charge in [-0.1, -0.05) is 18.2 Å². The van der Waals surface area contributed by atoms with Crippen LogP contribution in [0.2, 0.25) is 0 Å². The van der Waals surface area contributed by atoms with Crippen LogP contribution in [0.5, 0.6) is 0 Å². The molecule has 1 aliphatic heterocycles. The highest BCUT2D eigenvalue weighted by molar-refractivity contribution is 5.84. The minimum Gasteiger partial charge on any atom is -0.481 e. The summed E-state index contributed by atoms with van der Waals surface area (Å²) in [6, 6.07) is 5.35. The number of benzene rings is 1. The number of alkyl halides is 3. The summed E-state index contributed by atoms with van der Waals surface area (Å²) in [6.07, 6.45) is -2.91. The van der Waals surface area contributed by atoms with Crippen molar-refractivity contribution in [3.05, 3.63) is 35.4 Å². The normalized spacial score (nSPS) is 27.0. The lowest BCUT2D eigenvalue weighted by atomic mass is 9.97. The van der Waals surface area contributed by atoms with Gasteiger partial charge in [-0.05, 0) is 36.8 Å². The Morgan fingerprint density at radius 1 is 1.21 bits per heavy atom. The smallest absolute Gasteiger partial charge is 0.416 e. The zero-order valence-corrected chi connectivity index (χ0v) is 12.9. The number of carbonyl (C=O) groups excluding carboxylic acids is 1. The van der Waals surface area contributed by atoms with E-state index in [2.05, 4.69) is 0 Å². The predicted octanol–water partition coefficient (Wildman–Crippen LogP) is 3.13. The molecule has 4 nitrogen and oxygen atoms in total. The maximum Gasteiger partial charge on any atom is 0.416 e. The second-order valence-electron chi connectivity index (χ2n) is 6.50. The molecular weight excluding hydrogens is 323 g/mol. The summed E-state index contributed by atoms with van der Waals surface area (Å²) in [4.78, 5) is 25.1. The van der Waals surface area contributed by atoms with Crippen molar-refractivity contribution in [1.82, 2.24) is 4.90 Å². The number of halogens is 3. The highest BCUT2D eigenvalue weighted by Crippen LogP contribution is 2.51. The number of carbonyl (C=O) groups is 2. The molecule has 2 fully saturated rings. The van der Waals surface area contributed by atoms with Gasteiger partial charge in [0.1, 0.15) is 0 Å². The Balaban J connectivity index is 1.72. The molecular formula is C17H18F3NO3. The van der Waals surface area contributed by atoms with Crippen LogP contribution in [0.25, 0.3) is 0 Å². The Kier molecular flexibility index (Phi) is 4.27. The zero-order valence-electron chi connectivity index (χ0n) is 12.9. The van der Waals surface area contributed by atoms with Gasteiger partial charge in [-0.15, -0.1) is 0 Å². The average molecular weight is 341 g/mol. The number of hydrogen-bond acceptors (Lipinski definition) is 2.